The topological polar surface area (TPSA) is 23.5 Å². The standard InChI is InChI=1S/C37H37NOS/c1-26-14-18-32(19-15-26)38(33-20-16-27(2)17-21-33)23-22-30(35-12-7-10-29-9-4-5-11-34(29)35)24-31(25-40)36-13-6-8-28(3)37(36)39/h4-22,31,39-40H,23-25H2,1-3H3/b30-22+. The number of benzene rings is 5. The van der Waals surface area contributed by atoms with E-state index in [1.54, 1.807) is 0 Å². The highest BCUT2D eigenvalue weighted by Gasteiger charge is 2.19. The maximum absolute atomic E-state index is 11.0. The number of aryl methyl sites for hydroxylation is 3. The summed E-state index contributed by atoms with van der Waals surface area (Å²) in [7, 11) is 0. The highest BCUT2D eigenvalue weighted by molar-refractivity contribution is 7.80. The highest BCUT2D eigenvalue weighted by atomic mass is 32.1. The lowest BCUT2D eigenvalue weighted by Crippen LogP contribution is -2.17. The quantitative estimate of drug-likeness (QED) is 0.181. The van der Waals surface area contributed by atoms with Crippen molar-refractivity contribution in [3.63, 3.8) is 0 Å². The van der Waals surface area contributed by atoms with Gasteiger partial charge in [0.2, 0.25) is 0 Å². The van der Waals surface area contributed by atoms with Crippen molar-refractivity contribution in [2.45, 2.75) is 33.1 Å². The fraction of sp³-hybridized carbons (Fsp3) is 0.189. The van der Waals surface area contributed by atoms with Crippen molar-refractivity contribution in [3.8, 4) is 5.75 Å². The number of para-hydroxylation sites is 1. The summed E-state index contributed by atoms with van der Waals surface area (Å²) in [6.45, 7) is 6.91. The van der Waals surface area contributed by atoms with Crippen LogP contribution in [0.2, 0.25) is 0 Å². The first-order chi connectivity index (χ1) is 19.4. The van der Waals surface area contributed by atoms with E-state index in [1.807, 2.05) is 25.1 Å². The van der Waals surface area contributed by atoms with Gasteiger partial charge in [-0.25, -0.2) is 0 Å². The van der Waals surface area contributed by atoms with Gasteiger partial charge < -0.3 is 10.0 Å². The van der Waals surface area contributed by atoms with Crippen LogP contribution in [-0.4, -0.2) is 17.4 Å². The second-order valence-electron chi connectivity index (χ2n) is 10.6. The van der Waals surface area contributed by atoms with E-state index in [0.717, 1.165) is 28.9 Å². The molecule has 0 radical (unpaired) electrons. The zero-order valence-electron chi connectivity index (χ0n) is 23.5. The summed E-state index contributed by atoms with van der Waals surface area (Å²) in [5.74, 6) is 1.08. The molecule has 0 bridgehead atoms. The minimum atomic E-state index is 0.0700. The van der Waals surface area contributed by atoms with Crippen molar-refractivity contribution >= 4 is 40.3 Å². The molecule has 0 amide bonds. The first-order valence-electron chi connectivity index (χ1n) is 13.9. The predicted molar refractivity (Wildman–Crippen MR) is 175 cm³/mol. The SMILES string of the molecule is Cc1ccc(N(C/C=C(\CC(CS)c2cccc(C)c2O)c2cccc3ccccc23)c2ccc(C)cc2)cc1. The predicted octanol–water partition coefficient (Wildman–Crippen LogP) is 9.80. The summed E-state index contributed by atoms with van der Waals surface area (Å²) in [6.07, 6.45) is 3.13. The van der Waals surface area contributed by atoms with Crippen molar-refractivity contribution in [2.24, 2.45) is 0 Å². The third-order valence-electron chi connectivity index (χ3n) is 7.74. The second-order valence-corrected chi connectivity index (χ2v) is 11.0. The number of hydrogen-bond acceptors (Lipinski definition) is 3. The lowest BCUT2D eigenvalue weighted by atomic mass is 9.87. The van der Waals surface area contributed by atoms with Gasteiger partial charge in [0.25, 0.3) is 0 Å². The zero-order valence-corrected chi connectivity index (χ0v) is 24.4. The minimum Gasteiger partial charge on any atom is -0.507 e. The van der Waals surface area contributed by atoms with Crippen LogP contribution in [0.3, 0.4) is 0 Å². The van der Waals surface area contributed by atoms with Gasteiger partial charge in [-0.15, -0.1) is 0 Å². The zero-order chi connectivity index (χ0) is 28.1. The first kappa shape index (κ1) is 27.6. The Kier molecular flexibility index (Phi) is 8.62. The molecule has 1 unspecified atom stereocenters. The molecule has 1 atom stereocenters. The van der Waals surface area contributed by atoms with E-state index in [1.165, 1.54) is 33.0 Å². The van der Waals surface area contributed by atoms with Gasteiger partial charge in [-0.3, -0.25) is 0 Å². The highest BCUT2D eigenvalue weighted by Crippen LogP contribution is 2.38. The number of fused-ring (bicyclic) bond motifs is 1. The Labute approximate surface area is 244 Å². The molecule has 0 saturated carbocycles. The molecule has 5 rings (SSSR count). The van der Waals surface area contributed by atoms with Crippen LogP contribution in [0, 0.1) is 20.8 Å². The number of rotatable bonds is 9. The Bertz CT molecular complexity index is 1570. The minimum absolute atomic E-state index is 0.0700. The normalized spacial score (nSPS) is 12.4. The van der Waals surface area contributed by atoms with Gasteiger partial charge in [-0.2, -0.15) is 12.6 Å². The van der Waals surface area contributed by atoms with Crippen LogP contribution < -0.4 is 4.90 Å². The molecule has 5 aromatic carbocycles. The van der Waals surface area contributed by atoms with Crippen molar-refractivity contribution in [1.82, 2.24) is 0 Å². The summed E-state index contributed by atoms with van der Waals surface area (Å²) in [6, 6.07) is 38.6. The molecule has 0 spiro atoms. The van der Waals surface area contributed by atoms with Gasteiger partial charge in [0.05, 0.1) is 0 Å². The van der Waals surface area contributed by atoms with Crippen molar-refractivity contribution in [3.05, 3.63) is 143 Å². The molecule has 5 aromatic rings. The molecule has 1 N–H and O–H groups in total. The van der Waals surface area contributed by atoms with Crippen LogP contribution in [0.25, 0.3) is 16.3 Å². The van der Waals surface area contributed by atoms with Crippen molar-refractivity contribution in [1.29, 1.82) is 0 Å². The molecule has 40 heavy (non-hydrogen) atoms. The molecule has 0 saturated heterocycles. The van der Waals surface area contributed by atoms with E-state index in [4.69, 9.17) is 12.6 Å². The molecular weight excluding hydrogens is 506 g/mol. The summed E-state index contributed by atoms with van der Waals surface area (Å²) >= 11 is 4.76. The molecular formula is C37H37NOS. The number of allylic oxidation sites excluding steroid dienone is 1. The number of phenolic OH excluding ortho intramolecular Hbond substituents is 1. The van der Waals surface area contributed by atoms with E-state index in [9.17, 15) is 5.11 Å². The molecule has 2 nitrogen and oxygen atoms in total. The van der Waals surface area contributed by atoms with Crippen LogP contribution in [0.15, 0.2) is 115 Å². The molecule has 0 fully saturated rings. The Morgan fingerprint density at radius 2 is 1.35 bits per heavy atom. The smallest absolute Gasteiger partial charge is 0.121 e. The Morgan fingerprint density at radius 1 is 0.750 bits per heavy atom. The molecule has 0 aliphatic carbocycles. The first-order valence-corrected chi connectivity index (χ1v) is 14.5. The van der Waals surface area contributed by atoms with Crippen molar-refractivity contribution in [2.75, 3.05) is 17.2 Å². The van der Waals surface area contributed by atoms with Gasteiger partial charge in [-0.1, -0.05) is 102 Å². The second kappa shape index (κ2) is 12.5. The summed E-state index contributed by atoms with van der Waals surface area (Å²) in [5.41, 5.74) is 9.13. The number of anilines is 2. The fourth-order valence-electron chi connectivity index (χ4n) is 5.37. The largest absolute Gasteiger partial charge is 0.507 e. The van der Waals surface area contributed by atoms with E-state index in [2.05, 4.69) is 116 Å². The van der Waals surface area contributed by atoms with Gasteiger partial charge in [-0.05, 0) is 90.2 Å². The van der Waals surface area contributed by atoms with E-state index >= 15 is 0 Å². The molecule has 202 valence electrons. The number of thiol groups is 1. The monoisotopic (exact) mass is 543 g/mol. The van der Waals surface area contributed by atoms with E-state index in [-0.39, 0.29) is 5.92 Å². The molecule has 0 aromatic heterocycles. The summed E-state index contributed by atoms with van der Waals surface area (Å²) < 4.78 is 0. The Hall–Kier alpha value is -3.95. The molecule has 0 aliphatic rings. The third kappa shape index (κ3) is 6.11. The summed E-state index contributed by atoms with van der Waals surface area (Å²) in [5, 5.41) is 13.4. The van der Waals surface area contributed by atoms with Gasteiger partial charge >= 0.3 is 0 Å². The van der Waals surface area contributed by atoms with Crippen LogP contribution >= 0.6 is 12.6 Å². The average Bonchev–Trinajstić information content (AvgIpc) is 2.98. The maximum Gasteiger partial charge on any atom is 0.121 e. The van der Waals surface area contributed by atoms with Crippen LogP contribution in [0.4, 0.5) is 11.4 Å². The third-order valence-corrected chi connectivity index (χ3v) is 8.18. The average molecular weight is 544 g/mol. The lowest BCUT2D eigenvalue weighted by Gasteiger charge is -2.26. The number of nitrogens with zero attached hydrogens (tertiary/aromatic N) is 1. The Morgan fingerprint density at radius 3 is 2.00 bits per heavy atom. The lowest BCUT2D eigenvalue weighted by molar-refractivity contribution is 0.459. The van der Waals surface area contributed by atoms with Crippen molar-refractivity contribution < 1.29 is 5.11 Å². The molecule has 0 heterocycles. The van der Waals surface area contributed by atoms with Gasteiger partial charge in [0, 0.05) is 23.8 Å². The van der Waals surface area contributed by atoms with E-state index < -0.39 is 0 Å². The van der Waals surface area contributed by atoms with Crippen LogP contribution in [0.1, 0.15) is 40.2 Å². The van der Waals surface area contributed by atoms with E-state index in [0.29, 0.717) is 18.0 Å². The molecule has 0 aliphatic heterocycles. The molecule has 3 heteroatoms. The van der Waals surface area contributed by atoms with Crippen LogP contribution in [0.5, 0.6) is 5.75 Å². The number of phenols is 1. The van der Waals surface area contributed by atoms with Gasteiger partial charge in [0.1, 0.15) is 5.75 Å². The maximum atomic E-state index is 11.0. The summed E-state index contributed by atoms with van der Waals surface area (Å²) in [4.78, 5) is 2.36. The number of hydrogen-bond donors (Lipinski definition) is 2. The Balaban J connectivity index is 1.61. The number of aromatic hydroxyl groups is 1. The fourth-order valence-corrected chi connectivity index (χ4v) is 5.69. The van der Waals surface area contributed by atoms with Crippen LogP contribution in [-0.2, 0) is 0 Å². The van der Waals surface area contributed by atoms with Gasteiger partial charge in [0.15, 0.2) is 0 Å².